The average molecular weight is 365 g/mol. The molecule has 7 nitrogen and oxygen atoms in total. The van der Waals surface area contributed by atoms with E-state index in [0.29, 0.717) is 16.3 Å². The highest BCUT2D eigenvalue weighted by atomic mass is 32.1. The number of nitrogen functional groups attached to an aromatic ring is 1. The van der Waals surface area contributed by atoms with Crippen LogP contribution in [0.4, 0.5) is 5.95 Å². The Kier molecular flexibility index (Phi) is 3.96. The number of carbonyl (C=O) groups is 2. The number of pyridine rings is 1. The molecule has 4 rings (SSSR count). The van der Waals surface area contributed by atoms with Gasteiger partial charge in [-0.05, 0) is 30.5 Å². The molecule has 0 aliphatic carbocycles. The number of ketones is 1. The minimum absolute atomic E-state index is 0.140. The van der Waals surface area contributed by atoms with Crippen LogP contribution in [0.2, 0.25) is 0 Å². The maximum absolute atomic E-state index is 12.7. The van der Waals surface area contributed by atoms with Crippen LogP contribution in [0.1, 0.15) is 33.9 Å². The molecular formula is C18H15N5O2S. The summed E-state index contributed by atoms with van der Waals surface area (Å²) in [5.41, 5.74) is 8.88. The highest BCUT2D eigenvalue weighted by Gasteiger charge is 2.37. The Labute approximate surface area is 153 Å². The summed E-state index contributed by atoms with van der Waals surface area (Å²) in [6, 6.07) is 6.70. The number of anilines is 1. The lowest BCUT2D eigenvalue weighted by Crippen LogP contribution is -2.34. The van der Waals surface area contributed by atoms with Gasteiger partial charge < -0.3 is 10.6 Å². The maximum atomic E-state index is 12.7. The molecule has 1 unspecified atom stereocenters. The molecular weight excluding hydrogens is 350 g/mol. The zero-order chi connectivity index (χ0) is 18.3. The van der Waals surface area contributed by atoms with E-state index < -0.39 is 11.7 Å². The van der Waals surface area contributed by atoms with Crippen LogP contribution in [0.5, 0.6) is 0 Å². The van der Waals surface area contributed by atoms with Crippen molar-refractivity contribution in [2.24, 2.45) is 0 Å². The molecule has 26 heavy (non-hydrogen) atoms. The van der Waals surface area contributed by atoms with Gasteiger partial charge in [-0.2, -0.15) is 0 Å². The molecule has 4 heterocycles. The number of hydrogen-bond donors (Lipinski definition) is 1. The molecule has 1 amide bonds. The van der Waals surface area contributed by atoms with Crippen molar-refractivity contribution in [1.29, 1.82) is 0 Å². The van der Waals surface area contributed by atoms with Crippen molar-refractivity contribution >= 4 is 29.0 Å². The van der Waals surface area contributed by atoms with Gasteiger partial charge in [-0.1, -0.05) is 6.07 Å². The average Bonchev–Trinajstić information content (AvgIpc) is 3.30. The SMILES string of the molecule is CC1c2nc(N)nc(-c3ccncc3)c2CN1C(=O)C(=O)c1cccs1. The Morgan fingerprint density at radius 2 is 2.00 bits per heavy atom. The fourth-order valence-electron chi connectivity index (χ4n) is 3.12. The number of fused-ring (bicyclic) bond motifs is 1. The summed E-state index contributed by atoms with van der Waals surface area (Å²) in [6.45, 7) is 2.11. The van der Waals surface area contributed by atoms with Crippen LogP contribution in [0.3, 0.4) is 0 Å². The number of Topliss-reactive ketones (excluding diaryl/α,β-unsaturated/α-hetero) is 1. The Hall–Kier alpha value is -3.13. The molecule has 0 aromatic carbocycles. The first-order chi connectivity index (χ1) is 12.6. The van der Waals surface area contributed by atoms with Crippen LogP contribution < -0.4 is 5.73 Å². The second-order valence-electron chi connectivity index (χ2n) is 5.95. The van der Waals surface area contributed by atoms with E-state index in [4.69, 9.17) is 5.73 Å². The smallest absolute Gasteiger partial charge is 0.296 e. The van der Waals surface area contributed by atoms with Crippen molar-refractivity contribution in [2.45, 2.75) is 19.5 Å². The van der Waals surface area contributed by atoms with Gasteiger partial charge in [-0.15, -0.1) is 11.3 Å². The van der Waals surface area contributed by atoms with E-state index in [9.17, 15) is 9.59 Å². The van der Waals surface area contributed by atoms with Crippen LogP contribution in [-0.4, -0.2) is 31.5 Å². The Morgan fingerprint density at radius 3 is 2.69 bits per heavy atom. The van der Waals surface area contributed by atoms with Gasteiger partial charge in [-0.25, -0.2) is 9.97 Å². The number of hydrogen-bond acceptors (Lipinski definition) is 7. The Bertz CT molecular complexity index is 988. The molecule has 1 atom stereocenters. The first-order valence-electron chi connectivity index (χ1n) is 8.01. The zero-order valence-corrected chi connectivity index (χ0v) is 14.7. The van der Waals surface area contributed by atoms with Gasteiger partial charge in [0.15, 0.2) is 0 Å². The van der Waals surface area contributed by atoms with Crippen LogP contribution in [0, 0.1) is 0 Å². The van der Waals surface area contributed by atoms with E-state index in [2.05, 4.69) is 15.0 Å². The molecule has 0 fully saturated rings. The highest BCUT2D eigenvalue weighted by molar-refractivity contribution is 7.13. The quantitative estimate of drug-likeness (QED) is 0.565. The number of carbonyl (C=O) groups excluding carboxylic acids is 2. The number of rotatable bonds is 3. The second-order valence-corrected chi connectivity index (χ2v) is 6.89. The highest BCUT2D eigenvalue weighted by Crippen LogP contribution is 2.37. The van der Waals surface area contributed by atoms with Crippen LogP contribution in [-0.2, 0) is 11.3 Å². The summed E-state index contributed by atoms with van der Waals surface area (Å²) < 4.78 is 0. The van der Waals surface area contributed by atoms with E-state index in [-0.39, 0.29) is 18.5 Å². The summed E-state index contributed by atoms with van der Waals surface area (Å²) in [5.74, 6) is -0.912. The van der Waals surface area contributed by atoms with Gasteiger partial charge in [-0.3, -0.25) is 14.6 Å². The predicted molar refractivity (Wildman–Crippen MR) is 97.3 cm³/mol. The van der Waals surface area contributed by atoms with Gasteiger partial charge >= 0.3 is 0 Å². The van der Waals surface area contributed by atoms with E-state index >= 15 is 0 Å². The molecule has 0 bridgehead atoms. The molecule has 130 valence electrons. The lowest BCUT2D eigenvalue weighted by atomic mass is 10.1. The number of thiophene rings is 1. The monoisotopic (exact) mass is 365 g/mol. The minimum atomic E-state index is -0.544. The maximum Gasteiger partial charge on any atom is 0.296 e. The second kappa shape index (κ2) is 6.30. The molecule has 1 aliphatic rings. The summed E-state index contributed by atoms with van der Waals surface area (Å²) in [5, 5.41) is 1.77. The number of aromatic nitrogens is 3. The first kappa shape index (κ1) is 16.3. The third-order valence-corrected chi connectivity index (χ3v) is 5.27. The summed E-state index contributed by atoms with van der Waals surface area (Å²) in [6.07, 6.45) is 3.34. The van der Waals surface area contributed by atoms with Crippen molar-refractivity contribution in [2.75, 3.05) is 5.73 Å². The third-order valence-electron chi connectivity index (χ3n) is 4.40. The predicted octanol–water partition coefficient (Wildman–Crippen LogP) is 2.47. The number of nitrogens with two attached hydrogens (primary N) is 1. The van der Waals surface area contributed by atoms with Gasteiger partial charge in [0.05, 0.1) is 28.9 Å². The molecule has 8 heteroatoms. The number of nitrogens with zero attached hydrogens (tertiary/aromatic N) is 4. The molecule has 3 aromatic rings. The largest absolute Gasteiger partial charge is 0.368 e. The molecule has 0 saturated heterocycles. The Balaban J connectivity index is 1.72. The molecule has 0 radical (unpaired) electrons. The molecule has 3 aromatic heterocycles. The third kappa shape index (κ3) is 2.64. The standard InChI is InChI=1S/C18H15N5O2S/c1-10-14-12(9-23(10)17(25)16(24)13-3-2-8-26-13)15(22-18(19)21-14)11-4-6-20-7-5-11/h2-8,10H,9H2,1H3,(H2,19,21,22). The van der Waals surface area contributed by atoms with Gasteiger partial charge in [0, 0.05) is 23.5 Å². The lowest BCUT2D eigenvalue weighted by Gasteiger charge is -2.20. The fourth-order valence-corrected chi connectivity index (χ4v) is 3.77. The van der Waals surface area contributed by atoms with E-state index in [0.717, 1.165) is 11.1 Å². The van der Waals surface area contributed by atoms with E-state index in [1.807, 2.05) is 19.1 Å². The molecule has 0 spiro atoms. The van der Waals surface area contributed by atoms with Gasteiger partial charge in [0.2, 0.25) is 5.95 Å². The van der Waals surface area contributed by atoms with Crippen LogP contribution >= 0.6 is 11.3 Å². The summed E-state index contributed by atoms with van der Waals surface area (Å²) >= 11 is 1.25. The normalized spacial score (nSPS) is 15.7. The molecule has 0 saturated carbocycles. The topological polar surface area (TPSA) is 102 Å². The fraction of sp³-hybridized carbons (Fsp3) is 0.167. The zero-order valence-electron chi connectivity index (χ0n) is 13.9. The van der Waals surface area contributed by atoms with Crippen LogP contribution in [0.15, 0.2) is 42.0 Å². The Morgan fingerprint density at radius 1 is 1.23 bits per heavy atom. The van der Waals surface area contributed by atoms with E-state index in [1.165, 1.54) is 16.2 Å². The summed E-state index contributed by atoms with van der Waals surface area (Å²) in [7, 11) is 0. The van der Waals surface area contributed by atoms with Gasteiger partial charge in [0.25, 0.3) is 11.7 Å². The van der Waals surface area contributed by atoms with Crippen molar-refractivity contribution in [3.05, 3.63) is 58.2 Å². The molecule has 1 aliphatic heterocycles. The molecule has 2 N–H and O–H groups in total. The number of amides is 1. The minimum Gasteiger partial charge on any atom is -0.368 e. The van der Waals surface area contributed by atoms with Gasteiger partial charge in [0.1, 0.15) is 0 Å². The van der Waals surface area contributed by atoms with Crippen LogP contribution in [0.25, 0.3) is 11.3 Å². The van der Waals surface area contributed by atoms with Crippen molar-refractivity contribution < 1.29 is 9.59 Å². The van der Waals surface area contributed by atoms with E-state index in [1.54, 1.807) is 29.9 Å². The van der Waals surface area contributed by atoms with Crippen molar-refractivity contribution in [3.63, 3.8) is 0 Å². The van der Waals surface area contributed by atoms with Crippen molar-refractivity contribution in [1.82, 2.24) is 19.9 Å². The first-order valence-corrected chi connectivity index (χ1v) is 8.89. The summed E-state index contributed by atoms with van der Waals surface area (Å²) in [4.78, 5) is 39.9. The van der Waals surface area contributed by atoms with Crippen molar-refractivity contribution in [3.8, 4) is 11.3 Å². The lowest BCUT2D eigenvalue weighted by molar-refractivity contribution is -0.128.